The number of benzene rings is 1. The van der Waals surface area contributed by atoms with Crippen molar-refractivity contribution in [3.05, 3.63) is 29.6 Å². The summed E-state index contributed by atoms with van der Waals surface area (Å²) in [5, 5.41) is 11.3. The molecule has 0 spiro atoms. The zero-order valence-electron chi connectivity index (χ0n) is 15.2. The molecule has 2 aromatic heterocycles. The molecule has 0 aliphatic rings. The largest absolute Gasteiger partial charge is 0.493 e. The van der Waals surface area contributed by atoms with Gasteiger partial charge in [-0.25, -0.2) is 0 Å². The molecule has 3 aromatic rings. The van der Waals surface area contributed by atoms with E-state index in [9.17, 15) is 0 Å². The number of aromatic nitrogens is 4. The molecule has 1 aromatic carbocycles. The predicted octanol–water partition coefficient (Wildman–Crippen LogP) is 3.00. The number of hydrogen-bond donors (Lipinski definition) is 0. The summed E-state index contributed by atoms with van der Waals surface area (Å²) in [7, 11) is 3.29. The fourth-order valence-corrected chi connectivity index (χ4v) is 3.51. The Morgan fingerprint density at radius 1 is 1.08 bits per heavy atom. The van der Waals surface area contributed by atoms with Crippen molar-refractivity contribution in [1.29, 1.82) is 0 Å². The minimum atomic E-state index is 0.602. The van der Waals surface area contributed by atoms with Gasteiger partial charge in [0.1, 0.15) is 0 Å². The highest BCUT2D eigenvalue weighted by atomic mass is 32.2. The summed E-state index contributed by atoms with van der Waals surface area (Å²) < 4.78 is 12.9. The molecule has 7 heteroatoms. The number of nitrogens with zero attached hydrogens (tertiary/aromatic N) is 4. The smallest absolute Gasteiger partial charge is 0.256 e. The van der Waals surface area contributed by atoms with Crippen molar-refractivity contribution in [2.24, 2.45) is 0 Å². The quantitative estimate of drug-likeness (QED) is 0.499. The molecule has 6 nitrogen and oxygen atoms in total. The second-order valence-corrected chi connectivity index (χ2v) is 6.81. The van der Waals surface area contributed by atoms with Gasteiger partial charge in [0.2, 0.25) is 5.16 Å². The van der Waals surface area contributed by atoms with E-state index in [0.717, 1.165) is 45.2 Å². The van der Waals surface area contributed by atoms with Gasteiger partial charge in [0.15, 0.2) is 11.5 Å². The maximum Gasteiger partial charge on any atom is 0.256 e. The highest BCUT2D eigenvalue weighted by molar-refractivity contribution is 7.99. The molecule has 0 saturated carbocycles. The fraction of sp³-hybridized carbons (Fsp3) is 0.389. The Kier molecular flexibility index (Phi) is 5.13. The molecular weight excluding hydrogens is 336 g/mol. The van der Waals surface area contributed by atoms with Gasteiger partial charge in [-0.1, -0.05) is 18.7 Å². The molecule has 0 fully saturated rings. The lowest BCUT2D eigenvalue weighted by atomic mass is 10.1. The Morgan fingerprint density at radius 3 is 2.48 bits per heavy atom. The average molecular weight is 358 g/mol. The molecule has 0 N–H and O–H groups in total. The third kappa shape index (κ3) is 3.28. The summed E-state index contributed by atoms with van der Waals surface area (Å²) in [6, 6.07) is 6.08. The van der Waals surface area contributed by atoms with Crippen LogP contribution in [0.3, 0.4) is 0 Å². The number of ether oxygens (including phenoxy) is 2. The van der Waals surface area contributed by atoms with E-state index in [4.69, 9.17) is 9.47 Å². The number of aryl methyl sites for hydroxylation is 2. The fourth-order valence-electron chi connectivity index (χ4n) is 2.88. The Labute approximate surface area is 151 Å². The maximum absolute atomic E-state index is 5.44. The lowest BCUT2D eigenvalue weighted by Gasteiger charge is -2.16. The zero-order chi connectivity index (χ0) is 18.0. The Morgan fingerprint density at radius 2 is 1.80 bits per heavy atom. The van der Waals surface area contributed by atoms with E-state index in [1.165, 1.54) is 0 Å². The van der Waals surface area contributed by atoms with Crippen LogP contribution < -0.4 is 19.0 Å². The first-order chi connectivity index (χ1) is 12.1. The molecule has 0 radical (unpaired) electrons. The summed E-state index contributed by atoms with van der Waals surface area (Å²) in [5.74, 6) is 3.01. The second kappa shape index (κ2) is 7.31. The molecule has 2 heterocycles. The second-order valence-electron chi connectivity index (χ2n) is 5.74. The monoisotopic (exact) mass is 358 g/mol. The van der Waals surface area contributed by atoms with Crippen molar-refractivity contribution in [3.8, 4) is 17.4 Å². The first-order valence-corrected chi connectivity index (χ1v) is 9.16. The Bertz CT molecular complexity index is 908. The van der Waals surface area contributed by atoms with Crippen LogP contribution in [0.1, 0.15) is 24.7 Å². The Balaban J connectivity index is 2.14. The molecule has 3 rings (SSSR count). The normalized spacial score (nSPS) is 11.1. The van der Waals surface area contributed by atoms with Gasteiger partial charge in [-0.3, -0.25) is 4.57 Å². The Hall–Kier alpha value is -2.28. The van der Waals surface area contributed by atoms with Crippen LogP contribution >= 0.6 is 11.8 Å². The van der Waals surface area contributed by atoms with E-state index in [0.29, 0.717) is 11.7 Å². The molecule has 0 saturated heterocycles. The van der Waals surface area contributed by atoms with Crippen LogP contribution in [0.2, 0.25) is 0 Å². The lowest BCUT2D eigenvalue weighted by Crippen LogP contribution is -2.39. The molecule has 0 amide bonds. The van der Waals surface area contributed by atoms with Crippen LogP contribution in [0.4, 0.5) is 0 Å². The van der Waals surface area contributed by atoms with Gasteiger partial charge in [-0.05, 0) is 43.9 Å². The van der Waals surface area contributed by atoms with E-state index in [-0.39, 0.29) is 0 Å². The molecule has 0 unspecified atom stereocenters. The van der Waals surface area contributed by atoms with E-state index in [2.05, 4.69) is 35.1 Å². The summed E-state index contributed by atoms with van der Waals surface area (Å²) in [4.78, 5) is 4.57. The molecule has 0 atom stereocenters. The van der Waals surface area contributed by atoms with Crippen LogP contribution in [0.25, 0.3) is 16.7 Å². The minimum Gasteiger partial charge on any atom is -0.493 e. The third-order valence-electron chi connectivity index (χ3n) is 4.05. The number of rotatable bonds is 6. The van der Waals surface area contributed by atoms with Gasteiger partial charge in [0.25, 0.3) is 5.95 Å². The van der Waals surface area contributed by atoms with Crippen molar-refractivity contribution >= 4 is 22.5 Å². The standard InChI is InChI=1S/C18H22N4O2S/c1-6-7-25-18-19-17(20-21-18)22-11(2)8-13-9-15(23-4)16(24-5)10-14(13)12(22)3/h8-10H,6-7H2,1-5H3. The first kappa shape index (κ1) is 17.5. The van der Waals surface area contributed by atoms with Gasteiger partial charge in [0, 0.05) is 22.5 Å². The van der Waals surface area contributed by atoms with Crippen molar-refractivity contribution in [2.45, 2.75) is 32.3 Å². The van der Waals surface area contributed by atoms with Gasteiger partial charge in [-0.2, -0.15) is 4.98 Å². The van der Waals surface area contributed by atoms with Crippen LogP contribution in [-0.4, -0.2) is 30.2 Å². The van der Waals surface area contributed by atoms with Crippen LogP contribution in [0, 0.1) is 13.8 Å². The topological polar surface area (TPSA) is 62.2 Å². The predicted molar refractivity (Wildman–Crippen MR) is 98.0 cm³/mol. The van der Waals surface area contributed by atoms with Crippen molar-refractivity contribution in [2.75, 3.05) is 20.0 Å². The summed E-state index contributed by atoms with van der Waals surface area (Å²) in [5.41, 5.74) is 2.08. The van der Waals surface area contributed by atoms with Crippen LogP contribution in [0.15, 0.2) is 23.4 Å². The zero-order valence-corrected chi connectivity index (χ0v) is 16.0. The van der Waals surface area contributed by atoms with Crippen LogP contribution in [-0.2, 0) is 0 Å². The lowest BCUT2D eigenvalue weighted by molar-refractivity contribution is -0.615. The molecule has 132 valence electrons. The van der Waals surface area contributed by atoms with E-state index in [1.54, 1.807) is 26.0 Å². The van der Waals surface area contributed by atoms with Gasteiger partial charge >= 0.3 is 0 Å². The highest BCUT2D eigenvalue weighted by Gasteiger charge is 2.15. The molecular formula is C18H22N4O2S. The summed E-state index contributed by atoms with van der Waals surface area (Å²) in [6.45, 7) is 6.23. The van der Waals surface area contributed by atoms with Gasteiger partial charge < -0.3 is 9.47 Å². The number of hydrogen-bond acceptors (Lipinski definition) is 5. The highest BCUT2D eigenvalue weighted by Crippen LogP contribution is 2.33. The molecule has 0 aliphatic carbocycles. The number of fused-ring (bicyclic) bond motifs is 1. The number of pyridine rings is 1. The minimum absolute atomic E-state index is 0.602. The number of methoxy groups -OCH3 is 2. The van der Waals surface area contributed by atoms with E-state index >= 15 is 0 Å². The molecule has 0 aliphatic heterocycles. The third-order valence-corrected chi connectivity index (χ3v) is 5.10. The first-order valence-electron chi connectivity index (χ1n) is 8.17. The van der Waals surface area contributed by atoms with Crippen molar-refractivity contribution in [3.63, 3.8) is 0 Å². The molecule has 25 heavy (non-hydrogen) atoms. The van der Waals surface area contributed by atoms with E-state index in [1.807, 2.05) is 23.6 Å². The summed E-state index contributed by atoms with van der Waals surface area (Å²) >= 11 is 1.63. The van der Waals surface area contributed by atoms with Crippen LogP contribution in [0.5, 0.6) is 11.5 Å². The number of thioether (sulfide) groups is 1. The maximum atomic E-state index is 5.44. The van der Waals surface area contributed by atoms with Crippen molar-refractivity contribution < 1.29 is 14.0 Å². The van der Waals surface area contributed by atoms with E-state index < -0.39 is 0 Å². The average Bonchev–Trinajstić information content (AvgIpc) is 3.07. The van der Waals surface area contributed by atoms with Gasteiger partial charge in [0.05, 0.1) is 14.2 Å². The SMILES string of the molecule is CCCSc1nnc(-[n+]2c(C)cc3cc(OC)c(OC)cc3c2C)[n-]1. The molecule has 0 bridgehead atoms. The van der Waals surface area contributed by atoms with Crippen molar-refractivity contribution in [1.82, 2.24) is 15.2 Å². The van der Waals surface area contributed by atoms with Gasteiger partial charge in [-0.15, -0.1) is 10.2 Å². The summed E-state index contributed by atoms with van der Waals surface area (Å²) in [6.07, 6.45) is 1.08.